The summed E-state index contributed by atoms with van der Waals surface area (Å²) in [6, 6.07) is 5.99. The zero-order valence-corrected chi connectivity index (χ0v) is 9.96. The lowest BCUT2D eigenvalue weighted by molar-refractivity contribution is -0.384. The summed E-state index contributed by atoms with van der Waals surface area (Å²) in [6.45, 7) is 1.68. The molecule has 1 aliphatic rings. The number of ether oxygens (including phenoxy) is 1. The van der Waals surface area contributed by atoms with Crippen molar-refractivity contribution in [2.24, 2.45) is 0 Å². The standard InChI is InChI=1S/C12H16N2O4/c15-12(4-6-13-7-5-12)9-18-11-3-1-2-10(8-11)14(16)17/h1-3,8,13,15H,4-7,9H2. The molecule has 0 radical (unpaired) electrons. The zero-order valence-electron chi connectivity index (χ0n) is 9.96. The zero-order chi connectivity index (χ0) is 13.0. The van der Waals surface area contributed by atoms with Gasteiger partial charge in [0.2, 0.25) is 0 Å². The van der Waals surface area contributed by atoms with Gasteiger partial charge in [0, 0.05) is 6.07 Å². The molecule has 1 heterocycles. The molecule has 0 atom stereocenters. The van der Waals surface area contributed by atoms with Gasteiger partial charge in [-0.2, -0.15) is 0 Å². The Bertz CT molecular complexity index is 430. The number of piperidine rings is 1. The molecule has 1 aliphatic heterocycles. The first-order valence-corrected chi connectivity index (χ1v) is 5.89. The van der Waals surface area contributed by atoms with Crippen LogP contribution in [0.4, 0.5) is 5.69 Å². The fraction of sp³-hybridized carbons (Fsp3) is 0.500. The second-order valence-electron chi connectivity index (χ2n) is 4.52. The van der Waals surface area contributed by atoms with E-state index in [1.165, 1.54) is 12.1 Å². The van der Waals surface area contributed by atoms with Crippen LogP contribution in [0.3, 0.4) is 0 Å². The van der Waals surface area contributed by atoms with Crippen molar-refractivity contribution in [1.29, 1.82) is 0 Å². The van der Waals surface area contributed by atoms with Crippen LogP contribution in [-0.4, -0.2) is 35.3 Å². The molecule has 1 aromatic rings. The van der Waals surface area contributed by atoms with Crippen molar-refractivity contribution in [2.45, 2.75) is 18.4 Å². The summed E-state index contributed by atoms with van der Waals surface area (Å²) in [6.07, 6.45) is 1.25. The molecule has 6 heteroatoms. The van der Waals surface area contributed by atoms with E-state index in [1.54, 1.807) is 12.1 Å². The highest BCUT2D eigenvalue weighted by atomic mass is 16.6. The molecule has 18 heavy (non-hydrogen) atoms. The summed E-state index contributed by atoms with van der Waals surface area (Å²) >= 11 is 0. The second kappa shape index (κ2) is 5.32. The minimum atomic E-state index is -0.837. The Kier molecular flexibility index (Phi) is 3.78. The van der Waals surface area contributed by atoms with Gasteiger partial charge in [-0.15, -0.1) is 0 Å². The highest BCUT2D eigenvalue weighted by Crippen LogP contribution is 2.23. The third-order valence-corrected chi connectivity index (χ3v) is 3.07. The average molecular weight is 252 g/mol. The summed E-state index contributed by atoms with van der Waals surface area (Å²) in [5, 5.41) is 24.0. The van der Waals surface area contributed by atoms with Crippen LogP contribution >= 0.6 is 0 Å². The SMILES string of the molecule is O=[N+]([O-])c1cccc(OCC2(O)CCNCC2)c1. The lowest BCUT2D eigenvalue weighted by Gasteiger charge is -2.32. The van der Waals surface area contributed by atoms with Gasteiger partial charge in [-0.3, -0.25) is 10.1 Å². The molecular formula is C12H16N2O4. The average Bonchev–Trinajstić information content (AvgIpc) is 2.38. The molecule has 98 valence electrons. The van der Waals surface area contributed by atoms with Crippen LogP contribution in [0.2, 0.25) is 0 Å². The Labute approximate surface area is 105 Å². The van der Waals surface area contributed by atoms with Gasteiger partial charge in [0.05, 0.1) is 11.0 Å². The molecule has 0 unspecified atom stereocenters. The lowest BCUT2D eigenvalue weighted by atomic mass is 9.93. The van der Waals surface area contributed by atoms with E-state index in [0.29, 0.717) is 18.6 Å². The van der Waals surface area contributed by atoms with E-state index >= 15 is 0 Å². The van der Waals surface area contributed by atoms with E-state index in [1.807, 2.05) is 0 Å². The maximum absolute atomic E-state index is 10.6. The minimum absolute atomic E-state index is 0.00944. The molecule has 0 amide bonds. The van der Waals surface area contributed by atoms with Crippen molar-refractivity contribution in [3.05, 3.63) is 34.4 Å². The van der Waals surface area contributed by atoms with Crippen LogP contribution < -0.4 is 10.1 Å². The number of benzene rings is 1. The van der Waals surface area contributed by atoms with Crippen molar-refractivity contribution in [1.82, 2.24) is 5.32 Å². The van der Waals surface area contributed by atoms with Gasteiger partial charge in [-0.05, 0) is 32.0 Å². The van der Waals surface area contributed by atoms with E-state index in [0.717, 1.165) is 13.1 Å². The summed E-state index contributed by atoms with van der Waals surface area (Å²) in [5.74, 6) is 0.413. The molecule has 2 rings (SSSR count). The third-order valence-electron chi connectivity index (χ3n) is 3.07. The monoisotopic (exact) mass is 252 g/mol. The molecule has 0 saturated carbocycles. The highest BCUT2D eigenvalue weighted by molar-refractivity contribution is 5.37. The molecule has 2 N–H and O–H groups in total. The molecule has 0 aliphatic carbocycles. The number of nitrogens with zero attached hydrogens (tertiary/aromatic N) is 1. The smallest absolute Gasteiger partial charge is 0.273 e. The normalized spacial score (nSPS) is 18.3. The number of nitro groups is 1. The van der Waals surface area contributed by atoms with E-state index in [9.17, 15) is 15.2 Å². The topological polar surface area (TPSA) is 84.6 Å². The van der Waals surface area contributed by atoms with Crippen molar-refractivity contribution in [3.8, 4) is 5.75 Å². The van der Waals surface area contributed by atoms with E-state index in [-0.39, 0.29) is 12.3 Å². The molecule has 0 spiro atoms. The molecule has 1 fully saturated rings. The van der Waals surface area contributed by atoms with Crippen LogP contribution in [-0.2, 0) is 0 Å². The molecular weight excluding hydrogens is 236 g/mol. The van der Waals surface area contributed by atoms with Gasteiger partial charge >= 0.3 is 0 Å². The van der Waals surface area contributed by atoms with Crippen LogP contribution in [0.1, 0.15) is 12.8 Å². The van der Waals surface area contributed by atoms with E-state index in [4.69, 9.17) is 4.74 Å². The predicted octanol–water partition coefficient (Wildman–Crippen LogP) is 1.09. The van der Waals surface area contributed by atoms with E-state index in [2.05, 4.69) is 5.32 Å². The maximum atomic E-state index is 10.6. The fourth-order valence-electron chi connectivity index (χ4n) is 1.94. The molecule has 1 saturated heterocycles. The van der Waals surface area contributed by atoms with Gasteiger partial charge < -0.3 is 15.2 Å². The van der Waals surface area contributed by atoms with Crippen LogP contribution in [0.15, 0.2) is 24.3 Å². The fourth-order valence-corrected chi connectivity index (χ4v) is 1.94. The van der Waals surface area contributed by atoms with Crippen LogP contribution in [0.25, 0.3) is 0 Å². The van der Waals surface area contributed by atoms with Crippen molar-refractivity contribution in [3.63, 3.8) is 0 Å². The number of rotatable bonds is 4. The summed E-state index contributed by atoms with van der Waals surface area (Å²) in [4.78, 5) is 10.1. The molecule has 0 aromatic heterocycles. The number of nitrogens with one attached hydrogen (secondary N) is 1. The number of nitro benzene ring substituents is 1. The van der Waals surface area contributed by atoms with Gasteiger partial charge in [0.1, 0.15) is 18.0 Å². The first-order chi connectivity index (χ1) is 8.59. The van der Waals surface area contributed by atoms with Gasteiger partial charge in [0.15, 0.2) is 0 Å². The van der Waals surface area contributed by atoms with Gasteiger partial charge in [-0.1, -0.05) is 6.07 Å². The highest BCUT2D eigenvalue weighted by Gasteiger charge is 2.30. The number of hydrogen-bond acceptors (Lipinski definition) is 5. The lowest BCUT2D eigenvalue weighted by Crippen LogP contribution is -2.45. The first kappa shape index (κ1) is 12.8. The number of non-ortho nitro benzene ring substituents is 1. The maximum Gasteiger partial charge on any atom is 0.273 e. The Morgan fingerprint density at radius 3 is 2.83 bits per heavy atom. The molecule has 1 aromatic carbocycles. The molecule has 6 nitrogen and oxygen atoms in total. The largest absolute Gasteiger partial charge is 0.490 e. The summed E-state index contributed by atoms with van der Waals surface area (Å²) < 4.78 is 5.46. The van der Waals surface area contributed by atoms with Gasteiger partial charge in [0.25, 0.3) is 5.69 Å². The minimum Gasteiger partial charge on any atom is -0.490 e. The Morgan fingerprint density at radius 2 is 2.17 bits per heavy atom. The number of aliphatic hydroxyl groups is 1. The Morgan fingerprint density at radius 1 is 1.44 bits per heavy atom. The quantitative estimate of drug-likeness (QED) is 0.619. The van der Waals surface area contributed by atoms with Crippen LogP contribution in [0.5, 0.6) is 5.75 Å². The van der Waals surface area contributed by atoms with Crippen LogP contribution in [0, 0.1) is 10.1 Å². The summed E-state index contributed by atoms with van der Waals surface area (Å²) in [7, 11) is 0. The number of hydrogen-bond donors (Lipinski definition) is 2. The molecule has 0 bridgehead atoms. The van der Waals surface area contributed by atoms with Crippen molar-refractivity contribution < 1.29 is 14.8 Å². The Balaban J connectivity index is 1.97. The predicted molar refractivity (Wildman–Crippen MR) is 65.6 cm³/mol. The van der Waals surface area contributed by atoms with Crippen molar-refractivity contribution >= 4 is 5.69 Å². The van der Waals surface area contributed by atoms with Crippen molar-refractivity contribution in [2.75, 3.05) is 19.7 Å². The third kappa shape index (κ3) is 3.18. The van der Waals surface area contributed by atoms with E-state index < -0.39 is 10.5 Å². The summed E-state index contributed by atoms with van der Waals surface area (Å²) in [5.41, 5.74) is -0.847. The first-order valence-electron chi connectivity index (χ1n) is 5.89. The van der Waals surface area contributed by atoms with Gasteiger partial charge in [-0.25, -0.2) is 0 Å². The Hall–Kier alpha value is -1.66. The second-order valence-corrected chi connectivity index (χ2v) is 4.52.